The van der Waals surface area contributed by atoms with Gasteiger partial charge in [-0.25, -0.2) is 4.79 Å². The molecule has 5 nitrogen and oxygen atoms in total. The molecule has 0 atom stereocenters. The van der Waals surface area contributed by atoms with Crippen molar-refractivity contribution < 1.29 is 14.3 Å². The Bertz CT molecular complexity index is 475. The summed E-state index contributed by atoms with van der Waals surface area (Å²) in [5, 5.41) is 0. The summed E-state index contributed by atoms with van der Waals surface area (Å²) in [6, 6.07) is 3.54. The molecule has 0 aliphatic rings. The summed E-state index contributed by atoms with van der Waals surface area (Å²) >= 11 is 0. The van der Waals surface area contributed by atoms with Crippen molar-refractivity contribution >= 4 is 11.9 Å². The molecule has 1 aromatic rings. The highest BCUT2D eigenvalue weighted by Gasteiger charge is 2.20. The van der Waals surface area contributed by atoms with Crippen LogP contribution < -0.4 is 0 Å². The van der Waals surface area contributed by atoms with Crippen molar-refractivity contribution in [2.75, 3.05) is 13.6 Å². The zero-order valence-electron chi connectivity index (χ0n) is 12.8. The van der Waals surface area contributed by atoms with E-state index in [2.05, 4.69) is 4.98 Å². The fraction of sp³-hybridized carbons (Fsp3) is 0.533. The highest BCUT2D eigenvalue weighted by molar-refractivity contribution is 5.94. The number of carbonyl (C=O) groups is 2. The van der Waals surface area contributed by atoms with Gasteiger partial charge in [0, 0.05) is 26.2 Å². The number of aromatic nitrogens is 1. The van der Waals surface area contributed by atoms with Crippen molar-refractivity contribution in [3.8, 4) is 0 Å². The first-order valence-electron chi connectivity index (χ1n) is 6.59. The third-order valence-electron chi connectivity index (χ3n) is 2.58. The third kappa shape index (κ3) is 5.38. The number of nitrogens with zero attached hydrogens (tertiary/aromatic N) is 2. The molecular weight excluding hydrogens is 256 g/mol. The molecule has 0 aliphatic heterocycles. The third-order valence-corrected chi connectivity index (χ3v) is 2.58. The minimum Gasteiger partial charge on any atom is -0.444 e. The van der Waals surface area contributed by atoms with Gasteiger partial charge in [-0.1, -0.05) is 6.07 Å². The van der Waals surface area contributed by atoms with E-state index in [9.17, 15) is 9.59 Å². The number of Topliss-reactive ketones (excluding diaryl/α,β-unsaturated/α-hetero) is 1. The predicted molar refractivity (Wildman–Crippen MR) is 76.8 cm³/mol. The number of ketones is 1. The lowest BCUT2D eigenvalue weighted by atomic mass is 10.1. The van der Waals surface area contributed by atoms with Crippen LogP contribution in [0.5, 0.6) is 0 Å². The number of amides is 1. The Hall–Kier alpha value is -1.91. The second-order valence-corrected chi connectivity index (χ2v) is 5.80. The average molecular weight is 278 g/mol. The van der Waals surface area contributed by atoms with Gasteiger partial charge in [0.15, 0.2) is 5.78 Å². The second kappa shape index (κ2) is 6.50. The minimum absolute atomic E-state index is 0.0830. The molecule has 0 saturated heterocycles. The van der Waals surface area contributed by atoms with Crippen molar-refractivity contribution in [2.45, 2.75) is 39.7 Å². The Labute approximate surface area is 119 Å². The summed E-state index contributed by atoms with van der Waals surface area (Å²) < 4.78 is 5.21. The standard InChI is InChI=1S/C15H22N2O3/c1-11-6-7-12(16-10-11)13(18)8-9-17(5)14(19)20-15(2,3)4/h6-7,10H,8-9H2,1-5H3. The van der Waals surface area contributed by atoms with Gasteiger partial charge < -0.3 is 9.64 Å². The van der Waals surface area contributed by atoms with Crippen LogP contribution in [0.15, 0.2) is 18.3 Å². The molecule has 0 bridgehead atoms. The maximum absolute atomic E-state index is 11.9. The van der Waals surface area contributed by atoms with Crippen molar-refractivity contribution in [2.24, 2.45) is 0 Å². The summed E-state index contributed by atoms with van der Waals surface area (Å²) in [6.07, 6.45) is 1.46. The van der Waals surface area contributed by atoms with Gasteiger partial charge in [0.05, 0.1) is 0 Å². The summed E-state index contributed by atoms with van der Waals surface area (Å²) in [5.74, 6) is -0.0830. The van der Waals surface area contributed by atoms with Crippen molar-refractivity contribution in [3.63, 3.8) is 0 Å². The van der Waals surface area contributed by atoms with Crippen LogP contribution in [0.4, 0.5) is 4.79 Å². The fourth-order valence-electron chi connectivity index (χ4n) is 1.46. The van der Waals surface area contributed by atoms with Crippen LogP contribution in [0.3, 0.4) is 0 Å². The Kier molecular flexibility index (Phi) is 5.25. The number of ether oxygens (including phenoxy) is 1. The first kappa shape index (κ1) is 16.1. The Morgan fingerprint density at radius 3 is 2.45 bits per heavy atom. The normalized spacial score (nSPS) is 11.1. The molecule has 1 amide bonds. The van der Waals surface area contributed by atoms with Gasteiger partial charge in [0.25, 0.3) is 0 Å². The Morgan fingerprint density at radius 2 is 1.95 bits per heavy atom. The monoisotopic (exact) mass is 278 g/mol. The summed E-state index contributed by atoms with van der Waals surface area (Å²) in [4.78, 5) is 29.1. The number of carbonyl (C=O) groups excluding carboxylic acids is 2. The summed E-state index contributed by atoms with van der Waals surface area (Å²) in [6.45, 7) is 7.64. The molecule has 20 heavy (non-hydrogen) atoms. The van der Waals surface area contributed by atoms with Gasteiger partial charge in [-0.3, -0.25) is 9.78 Å². The number of rotatable bonds is 4. The van der Waals surface area contributed by atoms with Gasteiger partial charge in [-0.15, -0.1) is 0 Å². The molecule has 0 aromatic carbocycles. The SMILES string of the molecule is Cc1ccc(C(=O)CCN(C)C(=O)OC(C)(C)C)nc1. The molecule has 1 aromatic heterocycles. The first-order valence-corrected chi connectivity index (χ1v) is 6.59. The molecule has 0 spiro atoms. The number of hydrogen-bond donors (Lipinski definition) is 0. The van der Waals surface area contributed by atoms with Crippen LogP contribution in [-0.4, -0.2) is 41.0 Å². The summed E-state index contributed by atoms with van der Waals surface area (Å²) in [5.41, 5.74) is 0.897. The lowest BCUT2D eigenvalue weighted by Crippen LogP contribution is -2.35. The largest absolute Gasteiger partial charge is 0.444 e. The first-order chi connectivity index (χ1) is 9.19. The molecule has 5 heteroatoms. The number of pyridine rings is 1. The van der Waals surface area contributed by atoms with E-state index >= 15 is 0 Å². The summed E-state index contributed by atoms with van der Waals surface area (Å²) in [7, 11) is 1.62. The fourth-order valence-corrected chi connectivity index (χ4v) is 1.46. The topological polar surface area (TPSA) is 59.5 Å². The van der Waals surface area contributed by atoms with E-state index < -0.39 is 11.7 Å². The van der Waals surface area contributed by atoms with Gasteiger partial charge in [0.2, 0.25) is 0 Å². The van der Waals surface area contributed by atoms with Crippen LogP contribution in [0, 0.1) is 6.92 Å². The van der Waals surface area contributed by atoms with Crippen LogP contribution in [0.2, 0.25) is 0 Å². The molecule has 1 rings (SSSR count). The molecule has 0 saturated carbocycles. The second-order valence-electron chi connectivity index (χ2n) is 5.80. The van der Waals surface area contributed by atoms with Gasteiger partial charge in [-0.2, -0.15) is 0 Å². The molecule has 0 N–H and O–H groups in total. The molecule has 0 aliphatic carbocycles. The maximum atomic E-state index is 11.9. The molecule has 0 radical (unpaired) electrons. The van der Waals surface area contributed by atoms with E-state index in [1.54, 1.807) is 40.1 Å². The van der Waals surface area contributed by atoms with Gasteiger partial charge >= 0.3 is 6.09 Å². The zero-order chi connectivity index (χ0) is 15.3. The number of aryl methyl sites for hydroxylation is 1. The molecule has 110 valence electrons. The average Bonchev–Trinajstić information content (AvgIpc) is 2.34. The number of hydrogen-bond acceptors (Lipinski definition) is 4. The highest BCUT2D eigenvalue weighted by atomic mass is 16.6. The van der Waals surface area contributed by atoms with E-state index in [0.717, 1.165) is 5.56 Å². The Morgan fingerprint density at radius 1 is 1.30 bits per heavy atom. The van der Waals surface area contributed by atoms with Crippen LogP contribution in [0.25, 0.3) is 0 Å². The van der Waals surface area contributed by atoms with E-state index in [1.165, 1.54) is 4.90 Å². The lowest BCUT2D eigenvalue weighted by molar-refractivity contribution is 0.0298. The quantitative estimate of drug-likeness (QED) is 0.795. The molecule has 0 unspecified atom stereocenters. The molecular formula is C15H22N2O3. The molecule has 0 fully saturated rings. The van der Waals surface area contributed by atoms with Crippen LogP contribution in [0.1, 0.15) is 43.2 Å². The lowest BCUT2D eigenvalue weighted by Gasteiger charge is -2.24. The van der Waals surface area contributed by atoms with E-state index in [4.69, 9.17) is 4.74 Å². The van der Waals surface area contributed by atoms with E-state index in [1.807, 2.05) is 13.0 Å². The maximum Gasteiger partial charge on any atom is 0.410 e. The zero-order valence-corrected chi connectivity index (χ0v) is 12.8. The van der Waals surface area contributed by atoms with Crippen molar-refractivity contribution in [1.82, 2.24) is 9.88 Å². The van der Waals surface area contributed by atoms with E-state index in [-0.39, 0.29) is 12.2 Å². The molecule has 1 heterocycles. The van der Waals surface area contributed by atoms with Crippen molar-refractivity contribution in [3.05, 3.63) is 29.6 Å². The van der Waals surface area contributed by atoms with E-state index in [0.29, 0.717) is 12.2 Å². The Balaban J connectivity index is 2.48. The minimum atomic E-state index is -0.534. The van der Waals surface area contributed by atoms with Gasteiger partial charge in [0.1, 0.15) is 11.3 Å². The van der Waals surface area contributed by atoms with Crippen molar-refractivity contribution in [1.29, 1.82) is 0 Å². The smallest absolute Gasteiger partial charge is 0.410 e. The van der Waals surface area contributed by atoms with Crippen LogP contribution in [-0.2, 0) is 4.74 Å². The van der Waals surface area contributed by atoms with Crippen LogP contribution >= 0.6 is 0 Å². The predicted octanol–water partition coefficient (Wildman–Crippen LogP) is 2.83. The highest BCUT2D eigenvalue weighted by Crippen LogP contribution is 2.10. The van der Waals surface area contributed by atoms with Gasteiger partial charge in [-0.05, 0) is 39.3 Å².